The molecule has 7 heteroatoms. The van der Waals surface area contributed by atoms with Crippen molar-refractivity contribution in [2.45, 2.75) is 36.1 Å². The number of rotatable bonds is 5. The third-order valence-electron chi connectivity index (χ3n) is 2.44. The molecule has 0 aliphatic heterocycles. The van der Waals surface area contributed by atoms with Crippen molar-refractivity contribution in [3.63, 3.8) is 0 Å². The maximum absolute atomic E-state index is 10.7. The largest absolute Gasteiger partial charge is 0.481 e. The zero-order chi connectivity index (χ0) is 13.8. The number of thiazole rings is 1. The second kappa shape index (κ2) is 6.12. The maximum atomic E-state index is 10.7. The molecule has 0 unspecified atom stereocenters. The van der Waals surface area contributed by atoms with Gasteiger partial charge in [0.25, 0.3) is 0 Å². The quantitative estimate of drug-likeness (QED) is 0.854. The van der Waals surface area contributed by atoms with Crippen molar-refractivity contribution < 1.29 is 9.90 Å². The average molecular weight is 295 g/mol. The van der Waals surface area contributed by atoms with Crippen LogP contribution in [0.25, 0.3) is 0 Å². The van der Waals surface area contributed by atoms with Crippen molar-refractivity contribution in [1.29, 1.82) is 0 Å². The normalized spacial score (nSPS) is 10.6. The lowest BCUT2D eigenvalue weighted by Gasteiger charge is -1.98. The molecule has 2 aromatic heterocycles. The van der Waals surface area contributed by atoms with Crippen molar-refractivity contribution in [2.75, 3.05) is 0 Å². The SMILES string of the molecule is CCc1cc(Sc2nc(C)c(CC(=O)O)s2)ncn1. The van der Waals surface area contributed by atoms with E-state index in [-0.39, 0.29) is 6.42 Å². The Kier molecular flexibility index (Phi) is 4.49. The van der Waals surface area contributed by atoms with Gasteiger partial charge in [-0.1, -0.05) is 6.92 Å². The van der Waals surface area contributed by atoms with E-state index in [4.69, 9.17) is 5.11 Å². The zero-order valence-corrected chi connectivity index (χ0v) is 12.2. The third kappa shape index (κ3) is 3.74. The first kappa shape index (κ1) is 14.0. The van der Waals surface area contributed by atoms with Crippen LogP contribution in [0.2, 0.25) is 0 Å². The number of aromatic nitrogens is 3. The number of aliphatic carboxylic acids is 1. The highest BCUT2D eigenvalue weighted by Crippen LogP contribution is 2.32. The van der Waals surface area contributed by atoms with E-state index in [1.165, 1.54) is 23.1 Å². The Morgan fingerprint density at radius 2 is 2.26 bits per heavy atom. The molecule has 2 heterocycles. The Bertz CT molecular complexity index is 598. The van der Waals surface area contributed by atoms with Gasteiger partial charge in [-0.3, -0.25) is 4.79 Å². The molecule has 0 atom stereocenters. The Morgan fingerprint density at radius 3 is 2.95 bits per heavy atom. The van der Waals surface area contributed by atoms with Crippen LogP contribution < -0.4 is 0 Å². The summed E-state index contributed by atoms with van der Waals surface area (Å²) in [6, 6.07) is 1.93. The molecule has 2 rings (SSSR count). The smallest absolute Gasteiger partial charge is 0.308 e. The molecule has 0 fully saturated rings. The summed E-state index contributed by atoms with van der Waals surface area (Å²) in [5.41, 5.74) is 1.76. The minimum atomic E-state index is -0.835. The molecule has 0 radical (unpaired) electrons. The van der Waals surface area contributed by atoms with E-state index in [9.17, 15) is 4.79 Å². The number of carboxylic acids is 1. The molecule has 2 aromatic rings. The number of hydrogen-bond donors (Lipinski definition) is 1. The molecular formula is C12H13N3O2S2. The van der Waals surface area contributed by atoms with Gasteiger partial charge in [0.15, 0.2) is 4.34 Å². The molecule has 19 heavy (non-hydrogen) atoms. The number of hydrogen-bond acceptors (Lipinski definition) is 6. The van der Waals surface area contributed by atoms with E-state index < -0.39 is 5.97 Å². The fourth-order valence-corrected chi connectivity index (χ4v) is 3.63. The summed E-state index contributed by atoms with van der Waals surface area (Å²) in [6.45, 7) is 3.87. The summed E-state index contributed by atoms with van der Waals surface area (Å²) >= 11 is 2.85. The Hall–Kier alpha value is -1.47. The lowest BCUT2D eigenvalue weighted by molar-refractivity contribution is -0.136. The van der Waals surface area contributed by atoms with E-state index in [1.54, 1.807) is 6.33 Å². The van der Waals surface area contributed by atoms with E-state index in [0.29, 0.717) is 0 Å². The predicted octanol–water partition coefficient (Wildman–Crippen LogP) is 2.58. The van der Waals surface area contributed by atoms with Gasteiger partial charge in [0.05, 0.1) is 12.1 Å². The molecule has 5 nitrogen and oxygen atoms in total. The van der Waals surface area contributed by atoms with Crippen LogP contribution in [0.1, 0.15) is 23.2 Å². The molecule has 100 valence electrons. The highest BCUT2D eigenvalue weighted by Gasteiger charge is 2.12. The molecular weight excluding hydrogens is 282 g/mol. The molecule has 0 aliphatic carbocycles. The van der Waals surface area contributed by atoms with Crippen molar-refractivity contribution in [1.82, 2.24) is 15.0 Å². The number of aryl methyl sites for hydroxylation is 2. The maximum Gasteiger partial charge on any atom is 0.308 e. The lowest BCUT2D eigenvalue weighted by atomic mass is 10.3. The lowest BCUT2D eigenvalue weighted by Crippen LogP contribution is -1.99. The average Bonchev–Trinajstić information content (AvgIpc) is 2.69. The van der Waals surface area contributed by atoms with Crippen LogP contribution >= 0.6 is 23.1 Å². The van der Waals surface area contributed by atoms with Gasteiger partial charge in [0.2, 0.25) is 0 Å². The number of carbonyl (C=O) groups is 1. The molecule has 0 aromatic carbocycles. The van der Waals surface area contributed by atoms with Gasteiger partial charge in [-0.2, -0.15) is 0 Å². The van der Waals surface area contributed by atoms with Crippen molar-refractivity contribution in [2.24, 2.45) is 0 Å². The highest BCUT2D eigenvalue weighted by atomic mass is 32.2. The van der Waals surface area contributed by atoms with Crippen LogP contribution in [0.15, 0.2) is 21.8 Å². The van der Waals surface area contributed by atoms with E-state index in [1.807, 2.05) is 19.9 Å². The Morgan fingerprint density at radius 1 is 1.47 bits per heavy atom. The summed E-state index contributed by atoms with van der Waals surface area (Å²) in [5, 5.41) is 9.65. The molecule has 0 aliphatic rings. The highest BCUT2D eigenvalue weighted by molar-refractivity contribution is 8.01. The summed E-state index contributed by atoms with van der Waals surface area (Å²) < 4.78 is 0.814. The second-order valence-electron chi connectivity index (χ2n) is 3.86. The summed E-state index contributed by atoms with van der Waals surface area (Å²) in [6.07, 6.45) is 2.42. The zero-order valence-electron chi connectivity index (χ0n) is 10.6. The van der Waals surface area contributed by atoms with Gasteiger partial charge < -0.3 is 5.11 Å². The summed E-state index contributed by atoms with van der Waals surface area (Å²) in [5.74, 6) is -0.835. The molecule has 0 saturated heterocycles. The molecule has 0 spiro atoms. The predicted molar refractivity (Wildman–Crippen MR) is 73.7 cm³/mol. The fraction of sp³-hybridized carbons (Fsp3) is 0.333. The van der Waals surface area contributed by atoms with Crippen molar-refractivity contribution >= 4 is 29.1 Å². The van der Waals surface area contributed by atoms with E-state index >= 15 is 0 Å². The van der Waals surface area contributed by atoms with Gasteiger partial charge in [0, 0.05) is 10.6 Å². The minimum Gasteiger partial charge on any atom is -0.481 e. The van der Waals surface area contributed by atoms with Gasteiger partial charge in [-0.15, -0.1) is 11.3 Å². The van der Waals surface area contributed by atoms with Crippen LogP contribution in [0.3, 0.4) is 0 Å². The van der Waals surface area contributed by atoms with Gasteiger partial charge in [-0.25, -0.2) is 15.0 Å². The third-order valence-corrected chi connectivity index (χ3v) is 4.59. The second-order valence-corrected chi connectivity index (χ2v) is 6.21. The molecule has 0 saturated carbocycles. The summed E-state index contributed by atoms with van der Waals surface area (Å²) in [7, 11) is 0. The fourth-order valence-electron chi connectivity index (χ4n) is 1.46. The monoisotopic (exact) mass is 295 g/mol. The van der Waals surface area contributed by atoms with Crippen LogP contribution in [0, 0.1) is 6.92 Å². The standard InChI is InChI=1S/C12H13N3O2S2/c1-3-8-4-10(14-6-13-8)19-12-15-7(2)9(18-12)5-11(16)17/h4,6H,3,5H2,1-2H3,(H,16,17). The van der Waals surface area contributed by atoms with Crippen LogP contribution in [0.5, 0.6) is 0 Å². The molecule has 0 bridgehead atoms. The van der Waals surface area contributed by atoms with Gasteiger partial charge >= 0.3 is 5.97 Å². The first-order valence-corrected chi connectivity index (χ1v) is 7.38. The first-order chi connectivity index (χ1) is 9.08. The van der Waals surface area contributed by atoms with Crippen LogP contribution in [0.4, 0.5) is 0 Å². The first-order valence-electron chi connectivity index (χ1n) is 5.75. The van der Waals surface area contributed by atoms with Crippen molar-refractivity contribution in [3.8, 4) is 0 Å². The number of carboxylic acid groups (broad SMARTS) is 1. The van der Waals surface area contributed by atoms with E-state index in [0.717, 1.165) is 32.1 Å². The topological polar surface area (TPSA) is 76.0 Å². The van der Waals surface area contributed by atoms with Gasteiger partial charge in [0.1, 0.15) is 11.4 Å². The Labute approximate surface area is 119 Å². The van der Waals surface area contributed by atoms with Crippen LogP contribution in [-0.4, -0.2) is 26.0 Å². The van der Waals surface area contributed by atoms with E-state index in [2.05, 4.69) is 15.0 Å². The Balaban J connectivity index is 2.16. The van der Waals surface area contributed by atoms with Gasteiger partial charge in [-0.05, 0) is 31.2 Å². The molecule has 0 amide bonds. The number of nitrogens with zero attached hydrogens (tertiary/aromatic N) is 3. The molecule has 1 N–H and O–H groups in total. The van der Waals surface area contributed by atoms with Crippen molar-refractivity contribution in [3.05, 3.63) is 28.7 Å². The summed E-state index contributed by atoms with van der Waals surface area (Å²) in [4.78, 5) is 24.2. The van der Waals surface area contributed by atoms with Crippen LogP contribution in [-0.2, 0) is 17.6 Å². The minimum absolute atomic E-state index is 0.0219.